The number of aliphatic carboxylic acids is 2. The van der Waals surface area contributed by atoms with Crippen LogP contribution in [-0.2, 0) is 9.59 Å². The second-order valence-electron chi connectivity index (χ2n) is 0.983. The molecule has 0 amide bonds. The summed E-state index contributed by atoms with van der Waals surface area (Å²) < 4.78 is 0. The van der Waals surface area contributed by atoms with Gasteiger partial charge in [0.05, 0.1) is 0 Å². The van der Waals surface area contributed by atoms with Crippen molar-refractivity contribution in [3.05, 3.63) is 0 Å². The quantitative estimate of drug-likeness (QED) is 0.396. The molecule has 0 aromatic heterocycles. The van der Waals surface area contributed by atoms with E-state index in [9.17, 15) is 0 Å². The fraction of sp³-hybridized carbons (Fsp3) is 0.500. The molecule has 0 aliphatic carbocycles. The molecule has 0 heterocycles. The van der Waals surface area contributed by atoms with Crippen LogP contribution in [0.3, 0.4) is 0 Å². The van der Waals surface area contributed by atoms with E-state index in [-0.39, 0.29) is 67.4 Å². The molecule has 0 saturated heterocycles. The molecule has 0 aromatic carbocycles. The number of carboxylic acids is 2. The topological polar surface area (TPSA) is 206 Å². The molecule has 0 aliphatic rings. The number of carbonyl (C=O) groups is 2. The third kappa shape index (κ3) is 19000. The monoisotopic (exact) mass is 278 g/mol. The first-order chi connectivity index (χ1) is 3.46. The van der Waals surface area contributed by atoms with Crippen LogP contribution in [0, 0.1) is 0 Å². The summed E-state index contributed by atoms with van der Waals surface area (Å²) in [7, 11) is 0. The van der Waals surface area contributed by atoms with Gasteiger partial charge >= 0.3 is 45.5 Å². The van der Waals surface area contributed by atoms with Gasteiger partial charge in [0.2, 0.25) is 0 Å². The first-order valence-corrected chi connectivity index (χ1v) is 1.82. The van der Waals surface area contributed by atoms with Crippen molar-refractivity contribution in [1.29, 1.82) is 0 Å². The van der Waals surface area contributed by atoms with E-state index in [0.29, 0.717) is 0 Å². The van der Waals surface area contributed by atoms with Crippen LogP contribution in [0.5, 0.6) is 0 Å². The number of carboxylic acid groups (broad SMARTS) is 2. The maximum Gasteiger partial charge on any atom is 2.00 e. The minimum absolute atomic E-state index is 0. The van der Waals surface area contributed by atoms with Crippen LogP contribution in [0.2, 0.25) is 0 Å². The van der Waals surface area contributed by atoms with Gasteiger partial charge in [-0.3, -0.25) is 0 Å². The molecule has 0 saturated carbocycles. The van der Waals surface area contributed by atoms with E-state index in [1.807, 2.05) is 0 Å². The van der Waals surface area contributed by atoms with Crippen molar-refractivity contribution in [1.82, 2.24) is 0 Å². The maximum absolute atomic E-state index is 8.89. The average Bonchev–Trinajstić information content (AvgIpc) is 1.25. The molecular formula is C4H14O8Sr. The van der Waals surface area contributed by atoms with Crippen molar-refractivity contribution < 1.29 is 41.7 Å². The van der Waals surface area contributed by atoms with Crippen LogP contribution in [0.25, 0.3) is 0 Å². The predicted octanol–water partition coefficient (Wildman–Crippen LogP) is -6.17. The van der Waals surface area contributed by atoms with Gasteiger partial charge in [0, 0.05) is 11.9 Å². The summed E-state index contributed by atoms with van der Waals surface area (Å²) in [5.74, 6) is -2.17. The van der Waals surface area contributed by atoms with E-state index in [1.54, 1.807) is 0 Å². The van der Waals surface area contributed by atoms with Gasteiger partial charge < -0.3 is 41.7 Å². The minimum Gasteiger partial charge on any atom is -0.550 e. The van der Waals surface area contributed by atoms with Crippen molar-refractivity contribution in [2.24, 2.45) is 0 Å². The molecule has 0 rings (SSSR count). The molecule has 0 bridgehead atoms. The second-order valence-corrected chi connectivity index (χ2v) is 0.983. The van der Waals surface area contributed by atoms with E-state index in [4.69, 9.17) is 19.8 Å². The molecule has 0 fully saturated rings. The third-order valence-electron chi connectivity index (χ3n) is 0. The standard InChI is InChI=1S/2C2H4O2.4H2O.Sr/c2*1-2(3)4;;;;;/h2*1H3,(H,3,4);4*1H2;/q;;;;;;+2/p-2. The first kappa shape index (κ1) is 50.9. The Morgan fingerprint density at radius 1 is 0.769 bits per heavy atom. The van der Waals surface area contributed by atoms with Crippen LogP contribution in [-0.4, -0.2) is 79.3 Å². The Hall–Kier alpha value is 0.261. The number of hydrogen-bond acceptors (Lipinski definition) is 4. The van der Waals surface area contributed by atoms with Crippen molar-refractivity contribution in [3.8, 4) is 0 Å². The molecule has 13 heavy (non-hydrogen) atoms. The van der Waals surface area contributed by atoms with Gasteiger partial charge in [-0.25, -0.2) is 0 Å². The number of hydrogen-bond donors (Lipinski definition) is 0. The third-order valence-corrected chi connectivity index (χ3v) is 0. The first-order valence-electron chi connectivity index (χ1n) is 1.82. The maximum atomic E-state index is 8.89. The Morgan fingerprint density at radius 3 is 0.769 bits per heavy atom. The van der Waals surface area contributed by atoms with Gasteiger partial charge in [0.15, 0.2) is 0 Å². The van der Waals surface area contributed by atoms with Gasteiger partial charge in [-0.2, -0.15) is 0 Å². The molecule has 0 radical (unpaired) electrons. The normalized spacial score (nSPS) is 3.85. The summed E-state index contributed by atoms with van der Waals surface area (Å²) in [5, 5.41) is 17.8. The Bertz CT molecular complexity index is 74.1. The van der Waals surface area contributed by atoms with Crippen LogP contribution < -0.4 is 10.2 Å². The minimum atomic E-state index is -1.08. The zero-order chi connectivity index (χ0) is 7.15. The van der Waals surface area contributed by atoms with E-state index in [1.165, 1.54) is 0 Å². The largest absolute Gasteiger partial charge is 2.00 e. The molecule has 9 heteroatoms. The Balaban J connectivity index is -0.00000000800. The van der Waals surface area contributed by atoms with Crippen molar-refractivity contribution in [2.75, 3.05) is 0 Å². The summed E-state index contributed by atoms with van der Waals surface area (Å²) in [6.07, 6.45) is 0. The molecule has 0 unspecified atom stereocenters. The van der Waals surface area contributed by atoms with E-state index in [0.717, 1.165) is 13.8 Å². The predicted molar refractivity (Wildman–Crippen MR) is 41.6 cm³/mol. The van der Waals surface area contributed by atoms with Gasteiger partial charge in [0.25, 0.3) is 0 Å². The summed E-state index contributed by atoms with van der Waals surface area (Å²) in [6.45, 7) is 1.94. The second kappa shape index (κ2) is 39.7. The fourth-order valence-corrected chi connectivity index (χ4v) is 0. The molecule has 0 atom stereocenters. The molecular weight excluding hydrogens is 264 g/mol. The van der Waals surface area contributed by atoms with Gasteiger partial charge in [-0.1, -0.05) is 0 Å². The van der Waals surface area contributed by atoms with E-state index < -0.39 is 11.9 Å². The molecule has 8 nitrogen and oxygen atoms in total. The Labute approximate surface area is 112 Å². The van der Waals surface area contributed by atoms with Gasteiger partial charge in [-0.05, 0) is 13.8 Å². The van der Waals surface area contributed by atoms with E-state index in [2.05, 4.69) is 0 Å². The van der Waals surface area contributed by atoms with Crippen molar-refractivity contribution in [3.63, 3.8) is 0 Å². The Morgan fingerprint density at radius 2 is 0.769 bits per heavy atom. The molecule has 80 valence electrons. The van der Waals surface area contributed by atoms with Crippen molar-refractivity contribution >= 4 is 57.4 Å². The average molecular weight is 278 g/mol. The SMILES string of the molecule is CC(=O)[O-].CC(=O)[O-].O.O.O.O.[Sr+2]. The summed E-state index contributed by atoms with van der Waals surface area (Å²) in [6, 6.07) is 0. The van der Waals surface area contributed by atoms with Crippen LogP contribution >= 0.6 is 0 Å². The fourth-order valence-electron chi connectivity index (χ4n) is 0. The molecule has 0 spiro atoms. The summed E-state index contributed by atoms with van der Waals surface area (Å²) >= 11 is 0. The zero-order valence-electron chi connectivity index (χ0n) is 7.34. The summed E-state index contributed by atoms with van der Waals surface area (Å²) in [5.41, 5.74) is 0. The van der Waals surface area contributed by atoms with Crippen LogP contribution in [0.15, 0.2) is 0 Å². The number of carbonyl (C=O) groups excluding carboxylic acids is 2. The zero-order valence-corrected chi connectivity index (χ0v) is 10.8. The van der Waals surface area contributed by atoms with Gasteiger partial charge in [-0.15, -0.1) is 0 Å². The number of rotatable bonds is 0. The Kier molecular flexibility index (Phi) is 155. The van der Waals surface area contributed by atoms with E-state index >= 15 is 0 Å². The molecule has 0 aliphatic heterocycles. The van der Waals surface area contributed by atoms with Crippen LogP contribution in [0.4, 0.5) is 0 Å². The molecule has 8 N–H and O–H groups in total. The molecule has 0 aromatic rings. The smallest absolute Gasteiger partial charge is 0.550 e. The van der Waals surface area contributed by atoms with Crippen molar-refractivity contribution in [2.45, 2.75) is 13.8 Å². The van der Waals surface area contributed by atoms with Crippen LogP contribution in [0.1, 0.15) is 13.8 Å². The van der Waals surface area contributed by atoms with Gasteiger partial charge in [0.1, 0.15) is 0 Å². The summed E-state index contributed by atoms with van der Waals surface area (Å²) in [4.78, 5) is 17.8.